The van der Waals surface area contributed by atoms with Crippen molar-refractivity contribution in [2.75, 3.05) is 0 Å². The van der Waals surface area contributed by atoms with Crippen LogP contribution < -0.4 is 10.5 Å². The van der Waals surface area contributed by atoms with Gasteiger partial charge in [-0.3, -0.25) is 0 Å². The van der Waals surface area contributed by atoms with Gasteiger partial charge in [-0.25, -0.2) is 0 Å². The van der Waals surface area contributed by atoms with Gasteiger partial charge in [-0.1, -0.05) is 33.6 Å². The number of benzene rings is 2. The van der Waals surface area contributed by atoms with Crippen LogP contribution >= 0.6 is 27.5 Å². The molecule has 2 rings (SSSR count). The van der Waals surface area contributed by atoms with Crippen LogP contribution in [0, 0.1) is 6.92 Å². The van der Waals surface area contributed by atoms with Crippen LogP contribution in [0.5, 0.6) is 11.5 Å². The third kappa shape index (κ3) is 2.86. The summed E-state index contributed by atoms with van der Waals surface area (Å²) in [6.45, 7) is 2.36. The Kier molecular flexibility index (Phi) is 4.27. The van der Waals surface area contributed by atoms with Crippen molar-refractivity contribution >= 4 is 27.5 Å². The normalized spacial score (nSPS) is 10.4. The number of hydrogen-bond acceptors (Lipinski definition) is 2. The molecule has 94 valence electrons. The SMILES string of the molecule is Cc1cc(Oc2cccc(Cl)c2CN)ccc1Br. The Balaban J connectivity index is 2.34. The van der Waals surface area contributed by atoms with E-state index in [-0.39, 0.29) is 0 Å². The van der Waals surface area contributed by atoms with E-state index in [1.807, 2.05) is 43.3 Å². The zero-order valence-corrected chi connectivity index (χ0v) is 12.3. The fraction of sp³-hybridized carbons (Fsp3) is 0.143. The lowest BCUT2D eigenvalue weighted by Gasteiger charge is -2.12. The van der Waals surface area contributed by atoms with Crippen LogP contribution in [0.1, 0.15) is 11.1 Å². The van der Waals surface area contributed by atoms with E-state index in [4.69, 9.17) is 22.1 Å². The van der Waals surface area contributed by atoms with Crippen LogP contribution in [-0.2, 0) is 6.54 Å². The van der Waals surface area contributed by atoms with Crippen LogP contribution in [0.25, 0.3) is 0 Å². The van der Waals surface area contributed by atoms with Gasteiger partial charge in [0.05, 0.1) is 0 Å². The highest BCUT2D eigenvalue weighted by Gasteiger charge is 2.08. The fourth-order valence-electron chi connectivity index (χ4n) is 1.64. The summed E-state index contributed by atoms with van der Waals surface area (Å²) in [4.78, 5) is 0. The predicted octanol–water partition coefficient (Wildman–Crippen LogP) is 4.66. The van der Waals surface area contributed by atoms with Gasteiger partial charge in [0.2, 0.25) is 0 Å². The van der Waals surface area contributed by atoms with Crippen LogP contribution in [0.3, 0.4) is 0 Å². The molecule has 0 aliphatic carbocycles. The molecule has 0 spiro atoms. The number of ether oxygens (including phenoxy) is 1. The van der Waals surface area contributed by atoms with E-state index in [9.17, 15) is 0 Å². The van der Waals surface area contributed by atoms with E-state index in [1.165, 1.54) is 0 Å². The van der Waals surface area contributed by atoms with E-state index >= 15 is 0 Å². The summed E-state index contributed by atoms with van der Waals surface area (Å²) >= 11 is 9.54. The monoisotopic (exact) mass is 325 g/mol. The van der Waals surface area contributed by atoms with Crippen LogP contribution in [0.15, 0.2) is 40.9 Å². The topological polar surface area (TPSA) is 35.2 Å². The van der Waals surface area contributed by atoms with Crippen LogP contribution in [-0.4, -0.2) is 0 Å². The van der Waals surface area contributed by atoms with Gasteiger partial charge in [0.15, 0.2) is 0 Å². The minimum absolute atomic E-state index is 0.352. The molecule has 2 nitrogen and oxygen atoms in total. The molecule has 0 aliphatic heterocycles. The summed E-state index contributed by atoms with van der Waals surface area (Å²) < 4.78 is 6.89. The smallest absolute Gasteiger partial charge is 0.133 e. The first-order valence-corrected chi connectivity index (χ1v) is 6.70. The zero-order chi connectivity index (χ0) is 13.1. The second-order valence-electron chi connectivity index (χ2n) is 3.93. The first kappa shape index (κ1) is 13.4. The first-order valence-electron chi connectivity index (χ1n) is 5.53. The Hall–Kier alpha value is -1.03. The Morgan fingerprint density at radius 1 is 1.28 bits per heavy atom. The Morgan fingerprint density at radius 2 is 2.06 bits per heavy atom. The summed E-state index contributed by atoms with van der Waals surface area (Å²) in [5.41, 5.74) is 7.62. The van der Waals surface area contributed by atoms with E-state index in [0.29, 0.717) is 17.3 Å². The number of aryl methyl sites for hydroxylation is 1. The van der Waals surface area contributed by atoms with Gasteiger partial charge in [0.1, 0.15) is 11.5 Å². The molecule has 0 radical (unpaired) electrons. The summed E-state index contributed by atoms with van der Waals surface area (Å²) in [5.74, 6) is 1.47. The largest absolute Gasteiger partial charge is 0.457 e. The molecule has 4 heteroatoms. The quantitative estimate of drug-likeness (QED) is 0.890. The van der Waals surface area contributed by atoms with Gasteiger partial charge in [0.25, 0.3) is 0 Å². The molecule has 0 saturated carbocycles. The number of nitrogens with two attached hydrogens (primary N) is 1. The molecule has 0 fully saturated rings. The number of hydrogen-bond donors (Lipinski definition) is 1. The van der Waals surface area contributed by atoms with Crippen LogP contribution in [0.2, 0.25) is 5.02 Å². The molecule has 0 unspecified atom stereocenters. The highest BCUT2D eigenvalue weighted by molar-refractivity contribution is 9.10. The van der Waals surface area contributed by atoms with Crippen molar-refractivity contribution in [3.05, 3.63) is 57.0 Å². The van der Waals surface area contributed by atoms with Crippen LogP contribution in [0.4, 0.5) is 0 Å². The van der Waals surface area contributed by atoms with Gasteiger partial charge >= 0.3 is 0 Å². The summed E-state index contributed by atoms with van der Waals surface area (Å²) in [6.07, 6.45) is 0. The average Bonchev–Trinajstić information content (AvgIpc) is 2.34. The van der Waals surface area contributed by atoms with Gasteiger partial charge in [0, 0.05) is 21.6 Å². The van der Waals surface area contributed by atoms with Crippen molar-refractivity contribution in [2.45, 2.75) is 13.5 Å². The summed E-state index contributed by atoms with van der Waals surface area (Å²) in [6, 6.07) is 11.3. The van der Waals surface area contributed by atoms with Crippen molar-refractivity contribution in [2.24, 2.45) is 5.73 Å². The zero-order valence-electron chi connectivity index (χ0n) is 9.91. The molecule has 2 aromatic carbocycles. The average molecular weight is 327 g/mol. The maximum atomic E-state index is 6.08. The molecule has 0 saturated heterocycles. The summed E-state index contributed by atoms with van der Waals surface area (Å²) in [5, 5.41) is 0.629. The highest BCUT2D eigenvalue weighted by Crippen LogP contribution is 2.31. The second-order valence-corrected chi connectivity index (χ2v) is 5.20. The van der Waals surface area contributed by atoms with Crippen molar-refractivity contribution in [3.8, 4) is 11.5 Å². The second kappa shape index (κ2) is 5.74. The molecule has 0 amide bonds. The van der Waals surface area contributed by atoms with Gasteiger partial charge < -0.3 is 10.5 Å². The van der Waals surface area contributed by atoms with Gasteiger partial charge in [-0.2, -0.15) is 0 Å². The number of halogens is 2. The predicted molar refractivity (Wildman–Crippen MR) is 78.3 cm³/mol. The maximum absolute atomic E-state index is 6.08. The highest BCUT2D eigenvalue weighted by atomic mass is 79.9. The fourth-order valence-corrected chi connectivity index (χ4v) is 2.13. The molecule has 0 aromatic heterocycles. The van der Waals surface area contributed by atoms with Gasteiger partial charge in [-0.05, 0) is 42.8 Å². The van der Waals surface area contributed by atoms with E-state index in [2.05, 4.69) is 15.9 Å². The van der Waals surface area contributed by atoms with Crippen molar-refractivity contribution in [1.29, 1.82) is 0 Å². The molecule has 0 heterocycles. The van der Waals surface area contributed by atoms with E-state index in [0.717, 1.165) is 21.3 Å². The molecule has 2 aromatic rings. The van der Waals surface area contributed by atoms with Crippen molar-refractivity contribution in [1.82, 2.24) is 0 Å². The van der Waals surface area contributed by atoms with Crippen molar-refractivity contribution < 1.29 is 4.74 Å². The Labute approximate surface area is 120 Å². The van der Waals surface area contributed by atoms with E-state index < -0.39 is 0 Å². The first-order chi connectivity index (χ1) is 8.61. The minimum atomic E-state index is 0.352. The molecule has 2 N–H and O–H groups in total. The number of rotatable bonds is 3. The third-order valence-electron chi connectivity index (χ3n) is 2.64. The Bertz CT molecular complexity index is 572. The molecular weight excluding hydrogens is 314 g/mol. The third-order valence-corrected chi connectivity index (χ3v) is 3.88. The standard InChI is InChI=1S/C14H13BrClNO/c1-9-7-10(5-6-12(9)15)18-14-4-2-3-13(16)11(14)8-17/h2-7H,8,17H2,1H3. The lowest BCUT2D eigenvalue weighted by molar-refractivity contribution is 0.476. The molecule has 0 bridgehead atoms. The Morgan fingerprint density at radius 3 is 2.72 bits per heavy atom. The molecule has 18 heavy (non-hydrogen) atoms. The molecular formula is C14H13BrClNO. The van der Waals surface area contributed by atoms with E-state index in [1.54, 1.807) is 0 Å². The minimum Gasteiger partial charge on any atom is -0.457 e. The lowest BCUT2D eigenvalue weighted by atomic mass is 10.2. The maximum Gasteiger partial charge on any atom is 0.133 e. The molecule has 0 atom stereocenters. The summed E-state index contributed by atoms with van der Waals surface area (Å²) in [7, 11) is 0. The molecule has 0 aliphatic rings. The van der Waals surface area contributed by atoms with Crippen molar-refractivity contribution in [3.63, 3.8) is 0 Å². The van der Waals surface area contributed by atoms with Gasteiger partial charge in [-0.15, -0.1) is 0 Å². The lowest BCUT2D eigenvalue weighted by Crippen LogP contribution is -2.00.